The molecule has 0 N–H and O–H groups in total. The summed E-state index contributed by atoms with van der Waals surface area (Å²) in [4.78, 5) is 38.1. The van der Waals surface area contributed by atoms with Crippen LogP contribution in [0.1, 0.15) is 188 Å². The quantitative estimate of drug-likeness (QED) is 0.0262. The Labute approximate surface area is 446 Å². The van der Waals surface area contributed by atoms with Crippen molar-refractivity contribution < 1.29 is 28.6 Å². The molecule has 0 fully saturated rings. The summed E-state index contributed by atoms with van der Waals surface area (Å²) in [5.74, 6) is -1.21. The van der Waals surface area contributed by atoms with Gasteiger partial charge in [-0.25, -0.2) is 0 Å². The summed E-state index contributed by atoms with van der Waals surface area (Å²) in [5, 5.41) is 0. The number of hydrogen-bond acceptors (Lipinski definition) is 6. The lowest BCUT2D eigenvalue weighted by Gasteiger charge is -2.18. The van der Waals surface area contributed by atoms with Crippen molar-refractivity contribution in [3.8, 4) is 0 Å². The van der Waals surface area contributed by atoms with Gasteiger partial charge in [0.25, 0.3) is 0 Å². The zero-order valence-corrected chi connectivity index (χ0v) is 45.8. The zero-order valence-electron chi connectivity index (χ0n) is 45.8. The molecule has 0 aromatic rings. The highest BCUT2D eigenvalue weighted by atomic mass is 16.6. The molecule has 6 nitrogen and oxygen atoms in total. The fourth-order valence-corrected chi connectivity index (χ4v) is 6.48. The number of esters is 3. The predicted molar refractivity (Wildman–Crippen MR) is 315 cm³/mol. The van der Waals surface area contributed by atoms with Crippen LogP contribution in [0.2, 0.25) is 0 Å². The van der Waals surface area contributed by atoms with E-state index in [9.17, 15) is 14.4 Å². The minimum Gasteiger partial charge on any atom is -0.462 e. The summed E-state index contributed by atoms with van der Waals surface area (Å²) in [5.41, 5.74) is 0. The first-order chi connectivity index (χ1) is 36.0. The van der Waals surface area contributed by atoms with Gasteiger partial charge in [0, 0.05) is 19.3 Å². The largest absolute Gasteiger partial charge is 0.462 e. The van der Waals surface area contributed by atoms with Crippen LogP contribution in [-0.4, -0.2) is 37.2 Å². The third-order valence-electron chi connectivity index (χ3n) is 10.6. The van der Waals surface area contributed by atoms with Crippen molar-refractivity contribution in [2.75, 3.05) is 13.2 Å². The highest BCUT2D eigenvalue weighted by molar-refractivity contribution is 5.71. The van der Waals surface area contributed by atoms with Crippen LogP contribution in [0.25, 0.3) is 0 Å². The van der Waals surface area contributed by atoms with Gasteiger partial charge in [-0.1, -0.05) is 228 Å². The van der Waals surface area contributed by atoms with Crippen LogP contribution >= 0.6 is 0 Å². The average molecular weight is 1000 g/mol. The Morgan fingerprint density at radius 3 is 0.836 bits per heavy atom. The second-order valence-electron chi connectivity index (χ2n) is 17.4. The van der Waals surface area contributed by atoms with E-state index in [1.54, 1.807) is 0 Å². The molecule has 0 radical (unpaired) electrons. The van der Waals surface area contributed by atoms with Gasteiger partial charge in [0.05, 0.1) is 0 Å². The van der Waals surface area contributed by atoms with Crippen molar-refractivity contribution in [1.82, 2.24) is 0 Å². The third-order valence-corrected chi connectivity index (χ3v) is 10.6. The number of hydrogen-bond donors (Lipinski definition) is 0. The first kappa shape index (κ1) is 67.2. The van der Waals surface area contributed by atoms with E-state index < -0.39 is 24.0 Å². The molecule has 0 heterocycles. The highest BCUT2D eigenvalue weighted by Crippen LogP contribution is 2.08. The molecule has 0 aliphatic carbocycles. The Balaban J connectivity index is 4.75. The molecule has 0 spiro atoms. The number of carbonyl (C=O) groups excluding carboxylic acids is 3. The fraction of sp³-hybridized carbons (Fsp3) is 0.478. The summed E-state index contributed by atoms with van der Waals surface area (Å²) >= 11 is 0. The van der Waals surface area contributed by atoms with E-state index in [-0.39, 0.29) is 32.5 Å². The maximum absolute atomic E-state index is 12.8. The van der Waals surface area contributed by atoms with Crippen LogP contribution in [0.4, 0.5) is 0 Å². The number of ether oxygens (including phenoxy) is 3. The number of allylic oxidation sites excluding steroid dienone is 32. The molecule has 0 aromatic heterocycles. The fourth-order valence-electron chi connectivity index (χ4n) is 6.48. The van der Waals surface area contributed by atoms with E-state index in [0.717, 1.165) is 103 Å². The van der Waals surface area contributed by atoms with E-state index in [1.807, 2.05) is 24.3 Å². The number of unbranched alkanes of at least 4 members (excludes halogenated alkanes) is 4. The number of rotatable bonds is 47. The Hall–Kier alpha value is -5.75. The van der Waals surface area contributed by atoms with Crippen LogP contribution in [0.15, 0.2) is 194 Å². The average Bonchev–Trinajstić information content (AvgIpc) is 3.39. The van der Waals surface area contributed by atoms with Crippen molar-refractivity contribution in [3.63, 3.8) is 0 Å². The van der Waals surface area contributed by atoms with E-state index >= 15 is 0 Å². The first-order valence-electron chi connectivity index (χ1n) is 27.9. The molecular formula is C67H98O6. The molecule has 1 unspecified atom stereocenters. The van der Waals surface area contributed by atoms with Crippen molar-refractivity contribution in [2.45, 2.75) is 194 Å². The lowest BCUT2D eigenvalue weighted by molar-refractivity contribution is -0.166. The van der Waals surface area contributed by atoms with Gasteiger partial charge in [-0.15, -0.1) is 0 Å². The molecule has 6 heteroatoms. The van der Waals surface area contributed by atoms with Gasteiger partial charge in [-0.05, 0) is 135 Å². The van der Waals surface area contributed by atoms with Crippen LogP contribution < -0.4 is 0 Å². The minimum atomic E-state index is -0.881. The lowest BCUT2D eigenvalue weighted by atomic mass is 10.2. The third kappa shape index (κ3) is 57.0. The normalized spacial score (nSPS) is 13.6. The lowest BCUT2D eigenvalue weighted by Crippen LogP contribution is -2.30. The Morgan fingerprint density at radius 2 is 0.548 bits per heavy atom. The van der Waals surface area contributed by atoms with Gasteiger partial charge >= 0.3 is 17.9 Å². The summed E-state index contributed by atoms with van der Waals surface area (Å²) in [6.45, 7) is 6.17. The van der Waals surface area contributed by atoms with Crippen LogP contribution in [0.3, 0.4) is 0 Å². The Bertz CT molecular complexity index is 1720. The SMILES string of the molecule is CC/C=C\C/C=C\C/C=C\C/C=C\C/C=C\C/C=C\CCC(=O)OCC(COC(=O)CC/C=C\C/C=C\C/C=C/C/C=C\C/C=C/C/C=C\CC)OC(=O)CCC/C=C\C/C=C\C/C=C\C/C=C\CCCCC. The summed E-state index contributed by atoms with van der Waals surface area (Å²) in [6, 6.07) is 0. The first-order valence-corrected chi connectivity index (χ1v) is 27.9. The molecule has 0 aliphatic rings. The Morgan fingerprint density at radius 1 is 0.288 bits per heavy atom. The summed E-state index contributed by atoms with van der Waals surface area (Å²) < 4.78 is 16.6. The maximum Gasteiger partial charge on any atom is 0.306 e. The van der Waals surface area contributed by atoms with Crippen LogP contribution in [0.5, 0.6) is 0 Å². The molecule has 0 aliphatic heterocycles. The molecule has 0 bridgehead atoms. The second kappa shape index (κ2) is 58.8. The summed E-state index contributed by atoms with van der Waals surface area (Å²) in [6.07, 6.45) is 90.2. The maximum atomic E-state index is 12.8. The van der Waals surface area contributed by atoms with E-state index in [4.69, 9.17) is 14.2 Å². The minimum absolute atomic E-state index is 0.175. The van der Waals surface area contributed by atoms with Crippen molar-refractivity contribution >= 4 is 17.9 Å². The van der Waals surface area contributed by atoms with Crippen LogP contribution in [-0.2, 0) is 28.6 Å². The monoisotopic (exact) mass is 999 g/mol. The van der Waals surface area contributed by atoms with E-state index in [0.29, 0.717) is 19.3 Å². The van der Waals surface area contributed by atoms with Crippen molar-refractivity contribution in [3.05, 3.63) is 194 Å². The molecule has 402 valence electrons. The molecular weight excluding hydrogens is 901 g/mol. The molecule has 0 saturated carbocycles. The molecule has 1 atom stereocenters. The molecule has 0 saturated heterocycles. The standard InChI is InChI=1S/C67H98O6/c1-4-7-10-13-16-19-22-25-28-31-33-36-38-41-44-47-50-53-56-59-65(68)71-62-64(73-67(70)61-58-55-52-49-46-43-40-35-30-27-24-21-18-15-12-9-6-3)63-72-66(69)60-57-54-51-48-45-42-39-37-34-32-29-26-23-20-17-14-11-8-5-2/h7-8,10-11,16-21,25-30,33-34,36-37,40-45,49-54,64H,4-6,9,12-15,22-24,31-32,35,38-39,46-48,55-63H2,1-3H3/b10-7-,11-8-,19-16-,20-17+,21-18-,28-25-,29-26-,30-27-,36-33-,37-34+,43-40-,44-41-,45-42-,52-49-,53-50-,54-51-. The van der Waals surface area contributed by atoms with Gasteiger partial charge in [0.1, 0.15) is 13.2 Å². The van der Waals surface area contributed by atoms with Gasteiger partial charge in [-0.2, -0.15) is 0 Å². The van der Waals surface area contributed by atoms with Crippen molar-refractivity contribution in [2.24, 2.45) is 0 Å². The number of carbonyl (C=O) groups is 3. The van der Waals surface area contributed by atoms with Gasteiger partial charge in [0.2, 0.25) is 0 Å². The van der Waals surface area contributed by atoms with Gasteiger partial charge < -0.3 is 14.2 Å². The van der Waals surface area contributed by atoms with E-state index in [1.165, 1.54) is 25.7 Å². The molecule has 73 heavy (non-hydrogen) atoms. The predicted octanol–water partition coefficient (Wildman–Crippen LogP) is 19.1. The summed E-state index contributed by atoms with van der Waals surface area (Å²) in [7, 11) is 0. The highest BCUT2D eigenvalue weighted by Gasteiger charge is 2.19. The molecule has 0 rings (SSSR count). The van der Waals surface area contributed by atoms with Crippen molar-refractivity contribution in [1.29, 1.82) is 0 Å². The zero-order chi connectivity index (χ0) is 52.9. The Kier molecular flexibility index (Phi) is 54.2. The van der Waals surface area contributed by atoms with Gasteiger partial charge in [-0.3, -0.25) is 14.4 Å². The van der Waals surface area contributed by atoms with E-state index in [2.05, 4.69) is 191 Å². The smallest absolute Gasteiger partial charge is 0.306 e. The molecule has 0 aromatic carbocycles. The molecule has 0 amide bonds. The van der Waals surface area contributed by atoms with Crippen LogP contribution in [0, 0.1) is 0 Å². The van der Waals surface area contributed by atoms with Gasteiger partial charge in [0.15, 0.2) is 6.10 Å². The topological polar surface area (TPSA) is 78.9 Å². The second-order valence-corrected chi connectivity index (χ2v) is 17.4.